The van der Waals surface area contributed by atoms with Gasteiger partial charge in [-0.3, -0.25) is 10.1 Å². The van der Waals surface area contributed by atoms with Crippen molar-refractivity contribution < 1.29 is 23.9 Å². The molecular formula is C20H16FN7O4. The van der Waals surface area contributed by atoms with Gasteiger partial charge in [-0.15, -0.1) is 0 Å². The lowest BCUT2D eigenvalue weighted by atomic mass is 10.2. The minimum absolute atomic E-state index is 0.0473. The summed E-state index contributed by atoms with van der Waals surface area (Å²) in [5.41, 5.74) is 0.751. The molecule has 0 unspecified atom stereocenters. The monoisotopic (exact) mass is 437 g/mol. The molecular weight excluding hydrogens is 421 g/mol. The number of carboxylic acid groups (broad SMARTS) is 1. The van der Waals surface area contributed by atoms with E-state index in [4.69, 9.17) is 5.11 Å². The summed E-state index contributed by atoms with van der Waals surface area (Å²) >= 11 is 0. The number of benzene rings is 1. The largest absolute Gasteiger partial charge is 0.478 e. The van der Waals surface area contributed by atoms with Crippen LogP contribution in [-0.4, -0.2) is 43.7 Å². The van der Waals surface area contributed by atoms with Crippen molar-refractivity contribution in [1.29, 1.82) is 0 Å². The summed E-state index contributed by atoms with van der Waals surface area (Å²) in [6.45, 7) is 0. The van der Waals surface area contributed by atoms with Gasteiger partial charge in [0.2, 0.25) is 0 Å². The molecule has 2 aromatic heterocycles. The summed E-state index contributed by atoms with van der Waals surface area (Å²) in [6, 6.07) is 4.84. The number of carboxylic acids is 1. The lowest BCUT2D eigenvalue weighted by Crippen LogP contribution is -2.22. The van der Waals surface area contributed by atoms with E-state index in [0.29, 0.717) is 17.0 Å². The first kappa shape index (κ1) is 19.5. The van der Waals surface area contributed by atoms with Gasteiger partial charge in [-0.2, -0.15) is 9.61 Å². The molecule has 3 heterocycles. The van der Waals surface area contributed by atoms with E-state index in [0.717, 1.165) is 18.9 Å². The molecule has 1 aliphatic carbocycles. The minimum Gasteiger partial charge on any atom is -0.478 e. The van der Waals surface area contributed by atoms with E-state index < -0.39 is 23.7 Å². The van der Waals surface area contributed by atoms with Gasteiger partial charge < -0.3 is 21.1 Å². The highest BCUT2D eigenvalue weighted by Crippen LogP contribution is 2.29. The van der Waals surface area contributed by atoms with Gasteiger partial charge in [0.1, 0.15) is 23.1 Å². The van der Waals surface area contributed by atoms with Crippen molar-refractivity contribution in [2.45, 2.75) is 18.9 Å². The zero-order valence-corrected chi connectivity index (χ0v) is 16.3. The number of aromatic nitrogens is 3. The van der Waals surface area contributed by atoms with Crippen LogP contribution < -0.4 is 21.3 Å². The number of nitrogens with zero attached hydrogens (tertiary/aromatic N) is 3. The number of halogens is 1. The normalized spacial score (nSPS) is 16.8. The number of urea groups is 1. The zero-order chi connectivity index (χ0) is 22.4. The van der Waals surface area contributed by atoms with Crippen LogP contribution in [-0.2, 0) is 4.79 Å². The molecule has 11 nitrogen and oxygen atoms in total. The van der Waals surface area contributed by atoms with E-state index in [-0.39, 0.29) is 28.8 Å². The quantitative estimate of drug-likeness (QED) is 0.291. The Morgan fingerprint density at radius 3 is 2.72 bits per heavy atom. The average Bonchev–Trinajstić information content (AvgIpc) is 3.38. The molecule has 0 atom stereocenters. The lowest BCUT2D eigenvalue weighted by molar-refractivity contribution is -0.115. The molecule has 0 bridgehead atoms. The van der Waals surface area contributed by atoms with Crippen LogP contribution in [0.1, 0.15) is 28.8 Å². The van der Waals surface area contributed by atoms with Crippen LogP contribution in [0.2, 0.25) is 0 Å². The van der Waals surface area contributed by atoms with Crippen molar-refractivity contribution >= 4 is 47.0 Å². The van der Waals surface area contributed by atoms with E-state index in [2.05, 4.69) is 31.3 Å². The average molecular weight is 437 g/mol. The Kier molecular flexibility index (Phi) is 4.47. The van der Waals surface area contributed by atoms with Gasteiger partial charge >= 0.3 is 12.0 Å². The van der Waals surface area contributed by atoms with Crippen molar-refractivity contribution in [2.75, 3.05) is 10.6 Å². The van der Waals surface area contributed by atoms with E-state index in [1.807, 2.05) is 0 Å². The van der Waals surface area contributed by atoms with E-state index >= 15 is 0 Å². The maximum atomic E-state index is 14.4. The highest BCUT2D eigenvalue weighted by Gasteiger charge is 2.25. The fraction of sp³-hybridized carbons (Fsp3) is 0.150. The molecule has 5 rings (SSSR count). The number of hydrogen-bond donors (Lipinski definition) is 5. The summed E-state index contributed by atoms with van der Waals surface area (Å²) in [7, 11) is 0. The molecule has 3 amide bonds. The van der Waals surface area contributed by atoms with Crippen molar-refractivity contribution in [1.82, 2.24) is 25.2 Å². The highest BCUT2D eigenvalue weighted by molar-refractivity contribution is 6.14. The van der Waals surface area contributed by atoms with Crippen molar-refractivity contribution in [3.63, 3.8) is 0 Å². The smallest absolute Gasteiger partial charge is 0.335 e. The Labute approximate surface area is 179 Å². The molecule has 0 spiro atoms. The molecule has 5 N–H and O–H groups in total. The van der Waals surface area contributed by atoms with Crippen molar-refractivity contribution in [3.8, 4) is 0 Å². The second kappa shape index (κ2) is 7.34. The third-order valence-electron chi connectivity index (χ3n) is 4.93. The van der Waals surface area contributed by atoms with Gasteiger partial charge in [0, 0.05) is 17.7 Å². The second-order valence-electron chi connectivity index (χ2n) is 7.37. The molecule has 1 aliphatic heterocycles. The number of anilines is 3. The van der Waals surface area contributed by atoms with Crippen LogP contribution in [0.3, 0.4) is 0 Å². The second-order valence-corrected chi connectivity index (χ2v) is 7.37. The fourth-order valence-electron chi connectivity index (χ4n) is 3.21. The predicted octanol–water partition coefficient (Wildman–Crippen LogP) is 2.06. The Balaban J connectivity index is 1.55. The van der Waals surface area contributed by atoms with Gasteiger partial charge in [0.25, 0.3) is 5.91 Å². The standard InChI is InChI=1S/C20H16FN7O4/c21-12-5-9(19(30)31)1-4-13(12)24-15-7-16(23-11-2-3-11)28-17(26-15)10(8-22-28)6-14-18(29)27-20(32)25-14/h1,4-8,11,23H,2-3H2,(H,24,26)(H,30,31)(H2,25,27,29,32). The first-order valence-corrected chi connectivity index (χ1v) is 9.66. The molecule has 32 heavy (non-hydrogen) atoms. The SMILES string of the molecule is O=C1NC(=O)C(=Cc2cnn3c(NC4CC4)cc(Nc4ccc(C(=O)O)cc4F)nc23)N1. The van der Waals surface area contributed by atoms with Gasteiger partial charge in [-0.25, -0.2) is 19.0 Å². The topological polar surface area (TPSA) is 150 Å². The van der Waals surface area contributed by atoms with E-state index in [1.54, 1.807) is 10.6 Å². The summed E-state index contributed by atoms with van der Waals surface area (Å²) in [4.78, 5) is 38.8. The van der Waals surface area contributed by atoms with Crippen LogP contribution >= 0.6 is 0 Å². The van der Waals surface area contributed by atoms with Crippen LogP contribution in [0.4, 0.5) is 26.5 Å². The van der Waals surface area contributed by atoms with Gasteiger partial charge in [-0.1, -0.05) is 0 Å². The molecule has 2 fully saturated rings. The minimum atomic E-state index is -1.23. The molecule has 1 saturated carbocycles. The summed E-state index contributed by atoms with van der Waals surface area (Å²) in [6.07, 6.45) is 4.95. The summed E-state index contributed by atoms with van der Waals surface area (Å²) in [5, 5.41) is 24.1. The summed E-state index contributed by atoms with van der Waals surface area (Å²) in [5.74, 6) is -1.66. The lowest BCUT2D eigenvalue weighted by Gasteiger charge is -2.12. The van der Waals surface area contributed by atoms with Gasteiger partial charge in [0.15, 0.2) is 5.65 Å². The number of imide groups is 1. The predicted molar refractivity (Wildman–Crippen MR) is 111 cm³/mol. The zero-order valence-electron chi connectivity index (χ0n) is 16.3. The van der Waals surface area contributed by atoms with Crippen LogP contribution in [0, 0.1) is 5.82 Å². The Hall–Kier alpha value is -4.48. The van der Waals surface area contributed by atoms with E-state index in [1.165, 1.54) is 24.4 Å². The first-order chi connectivity index (χ1) is 15.4. The number of fused-ring (bicyclic) bond motifs is 1. The van der Waals surface area contributed by atoms with Crippen molar-refractivity contribution in [2.24, 2.45) is 0 Å². The number of hydrogen-bond acceptors (Lipinski definition) is 7. The Morgan fingerprint density at radius 2 is 2.06 bits per heavy atom. The van der Waals surface area contributed by atoms with Gasteiger partial charge in [0.05, 0.1) is 17.4 Å². The molecule has 2 aliphatic rings. The van der Waals surface area contributed by atoms with Crippen LogP contribution in [0.15, 0.2) is 36.2 Å². The van der Waals surface area contributed by atoms with Crippen LogP contribution in [0.5, 0.6) is 0 Å². The molecule has 3 aromatic rings. The Bertz CT molecular complexity index is 1330. The third-order valence-corrected chi connectivity index (χ3v) is 4.93. The highest BCUT2D eigenvalue weighted by atomic mass is 19.1. The fourth-order valence-corrected chi connectivity index (χ4v) is 3.21. The third kappa shape index (κ3) is 3.69. The Morgan fingerprint density at radius 1 is 1.25 bits per heavy atom. The molecule has 12 heteroatoms. The maximum Gasteiger partial charge on any atom is 0.335 e. The number of aromatic carboxylic acids is 1. The number of carbonyl (C=O) groups is 3. The summed E-state index contributed by atoms with van der Waals surface area (Å²) < 4.78 is 16.0. The molecule has 1 aromatic carbocycles. The maximum absolute atomic E-state index is 14.4. The number of carbonyl (C=O) groups excluding carboxylic acids is 2. The molecule has 162 valence electrons. The number of nitrogens with one attached hydrogen (secondary N) is 4. The van der Waals surface area contributed by atoms with Gasteiger partial charge in [-0.05, 0) is 37.1 Å². The molecule has 0 radical (unpaired) electrons. The molecule has 1 saturated heterocycles. The number of amides is 3. The number of rotatable bonds is 6. The van der Waals surface area contributed by atoms with Crippen molar-refractivity contribution in [3.05, 3.63) is 53.1 Å². The van der Waals surface area contributed by atoms with E-state index in [9.17, 15) is 18.8 Å². The first-order valence-electron chi connectivity index (χ1n) is 9.66. The van der Waals surface area contributed by atoms with Crippen LogP contribution in [0.25, 0.3) is 11.7 Å².